The molecule has 0 aliphatic heterocycles. The number of nitrogens with one attached hydrogen (secondary N) is 1. The molecule has 1 unspecified atom stereocenters. The second-order valence-electron chi connectivity index (χ2n) is 3.73. The molecule has 9 heteroatoms. The van der Waals surface area contributed by atoms with Gasteiger partial charge in [0.05, 0.1) is 6.61 Å². The number of carboxylic acid groups (broad SMARTS) is 2. The van der Waals surface area contributed by atoms with Crippen LogP contribution in [-0.2, 0) is 14.3 Å². The number of anilines is 1. The highest BCUT2D eigenvalue weighted by Gasteiger charge is 2.21. The van der Waals surface area contributed by atoms with Gasteiger partial charge in [0.1, 0.15) is 12.3 Å². The summed E-state index contributed by atoms with van der Waals surface area (Å²) in [6.45, 7) is 1.80. The molecule has 1 heterocycles. The summed E-state index contributed by atoms with van der Waals surface area (Å²) >= 11 is 0. The van der Waals surface area contributed by atoms with E-state index in [1.807, 2.05) is 0 Å². The number of aromatic nitrogens is 1. The van der Waals surface area contributed by atoms with E-state index >= 15 is 0 Å². The van der Waals surface area contributed by atoms with Gasteiger partial charge in [-0.25, -0.2) is 9.59 Å². The zero-order chi connectivity index (χ0) is 15.1. The number of hydrogen-bond acceptors (Lipinski definition) is 7. The van der Waals surface area contributed by atoms with E-state index in [9.17, 15) is 14.4 Å². The molecule has 9 nitrogen and oxygen atoms in total. The summed E-state index contributed by atoms with van der Waals surface area (Å²) in [5.74, 6) is -3.05. The van der Waals surface area contributed by atoms with Gasteiger partial charge in [-0.1, -0.05) is 0 Å². The van der Waals surface area contributed by atoms with Crippen molar-refractivity contribution in [2.24, 2.45) is 0 Å². The number of carbonyl (C=O) groups excluding carboxylic acids is 1. The van der Waals surface area contributed by atoms with E-state index in [2.05, 4.69) is 15.0 Å². The first-order chi connectivity index (χ1) is 9.43. The van der Waals surface area contributed by atoms with Crippen molar-refractivity contribution in [2.75, 3.05) is 11.9 Å². The monoisotopic (exact) mass is 286 g/mol. The molecule has 1 aromatic rings. The van der Waals surface area contributed by atoms with Crippen LogP contribution in [0.5, 0.6) is 0 Å². The van der Waals surface area contributed by atoms with Crippen molar-refractivity contribution >= 4 is 23.9 Å². The smallest absolute Gasteiger partial charge is 0.360 e. The van der Waals surface area contributed by atoms with E-state index in [0.717, 1.165) is 6.26 Å². The van der Waals surface area contributed by atoms with Gasteiger partial charge < -0.3 is 24.7 Å². The summed E-state index contributed by atoms with van der Waals surface area (Å²) in [5, 5.41) is 19.9. The summed E-state index contributed by atoms with van der Waals surface area (Å²) in [7, 11) is 0. The summed E-state index contributed by atoms with van der Waals surface area (Å²) in [6, 6.07) is -1.37. The molecule has 0 saturated carbocycles. The number of ether oxygens (including phenoxy) is 1. The maximum absolute atomic E-state index is 11.3. The fraction of sp³-hybridized carbons (Fsp3) is 0.455. The molecule has 0 amide bonds. The number of rotatable bonds is 8. The average molecular weight is 286 g/mol. The highest BCUT2D eigenvalue weighted by atomic mass is 16.5. The fourth-order valence-corrected chi connectivity index (χ4v) is 1.31. The third kappa shape index (κ3) is 4.59. The number of hydrogen-bond donors (Lipinski definition) is 3. The lowest BCUT2D eigenvalue weighted by Gasteiger charge is -2.10. The van der Waals surface area contributed by atoms with Crippen molar-refractivity contribution in [3.8, 4) is 0 Å². The van der Waals surface area contributed by atoms with Crippen LogP contribution in [0.4, 0.5) is 6.01 Å². The van der Waals surface area contributed by atoms with Crippen molar-refractivity contribution in [2.45, 2.75) is 25.8 Å². The highest BCUT2D eigenvalue weighted by molar-refractivity contribution is 5.87. The van der Waals surface area contributed by atoms with Gasteiger partial charge in [-0.2, -0.15) is 4.98 Å². The van der Waals surface area contributed by atoms with Gasteiger partial charge in [-0.05, 0) is 13.3 Å². The Morgan fingerprint density at radius 1 is 1.45 bits per heavy atom. The predicted molar refractivity (Wildman–Crippen MR) is 64.4 cm³/mol. The third-order valence-corrected chi connectivity index (χ3v) is 2.23. The molecule has 0 saturated heterocycles. The van der Waals surface area contributed by atoms with Crippen LogP contribution < -0.4 is 5.32 Å². The first-order valence-corrected chi connectivity index (χ1v) is 5.77. The van der Waals surface area contributed by atoms with Crippen molar-refractivity contribution in [1.82, 2.24) is 4.98 Å². The molecule has 0 bridgehead atoms. The van der Waals surface area contributed by atoms with Crippen LogP contribution in [0.1, 0.15) is 30.3 Å². The zero-order valence-electron chi connectivity index (χ0n) is 10.7. The van der Waals surface area contributed by atoms with E-state index in [0.29, 0.717) is 0 Å². The van der Waals surface area contributed by atoms with Gasteiger partial charge in [0, 0.05) is 6.42 Å². The maximum atomic E-state index is 11.3. The quantitative estimate of drug-likeness (QED) is 0.585. The van der Waals surface area contributed by atoms with Gasteiger partial charge in [0.2, 0.25) is 0 Å². The fourth-order valence-electron chi connectivity index (χ4n) is 1.31. The van der Waals surface area contributed by atoms with E-state index in [-0.39, 0.29) is 31.2 Å². The van der Waals surface area contributed by atoms with Crippen LogP contribution in [-0.4, -0.2) is 45.8 Å². The van der Waals surface area contributed by atoms with Gasteiger partial charge in [0.25, 0.3) is 6.01 Å². The highest BCUT2D eigenvalue weighted by Crippen LogP contribution is 2.12. The van der Waals surface area contributed by atoms with Crippen LogP contribution in [0, 0.1) is 0 Å². The number of nitrogens with zero attached hydrogens (tertiary/aromatic N) is 1. The summed E-state index contributed by atoms with van der Waals surface area (Å²) in [5.41, 5.74) is -0.100. The molecule has 3 N–H and O–H groups in total. The zero-order valence-corrected chi connectivity index (χ0v) is 10.7. The first kappa shape index (κ1) is 15.5. The molecule has 0 aromatic carbocycles. The Balaban J connectivity index is 2.67. The van der Waals surface area contributed by atoms with E-state index in [1.165, 1.54) is 0 Å². The molecule has 1 aromatic heterocycles. The molecular weight excluding hydrogens is 272 g/mol. The third-order valence-electron chi connectivity index (χ3n) is 2.23. The lowest BCUT2D eigenvalue weighted by atomic mass is 10.1. The Morgan fingerprint density at radius 3 is 2.70 bits per heavy atom. The molecule has 1 atom stereocenters. The Kier molecular flexibility index (Phi) is 5.51. The number of carbonyl (C=O) groups is 3. The second kappa shape index (κ2) is 7.12. The van der Waals surface area contributed by atoms with Crippen molar-refractivity contribution in [3.05, 3.63) is 12.0 Å². The van der Waals surface area contributed by atoms with Crippen LogP contribution in [0.25, 0.3) is 0 Å². The Morgan fingerprint density at radius 2 is 2.15 bits per heavy atom. The Hall–Kier alpha value is -2.58. The van der Waals surface area contributed by atoms with Crippen molar-refractivity contribution in [3.63, 3.8) is 0 Å². The summed E-state index contributed by atoms with van der Waals surface area (Å²) in [4.78, 5) is 36.4. The second-order valence-corrected chi connectivity index (χ2v) is 3.73. The Labute approximate surface area is 113 Å². The lowest BCUT2D eigenvalue weighted by Crippen LogP contribution is -2.30. The Bertz CT molecular complexity index is 497. The van der Waals surface area contributed by atoms with Crippen molar-refractivity contribution in [1.29, 1.82) is 0 Å². The molecule has 20 heavy (non-hydrogen) atoms. The molecule has 0 aliphatic rings. The first-order valence-electron chi connectivity index (χ1n) is 5.77. The molecule has 1 rings (SSSR count). The van der Waals surface area contributed by atoms with E-state index in [4.69, 9.17) is 14.6 Å². The molecule has 0 spiro atoms. The number of esters is 1. The maximum Gasteiger partial charge on any atom is 0.360 e. The van der Waals surface area contributed by atoms with Crippen molar-refractivity contribution < 1.29 is 33.8 Å². The molecule has 0 radical (unpaired) electrons. The van der Waals surface area contributed by atoms with Gasteiger partial charge >= 0.3 is 17.9 Å². The standard InChI is InChI=1S/C11H14N2O7/c1-2-19-10(18)7-5-20-11(13-7)12-6(9(16)17)3-4-8(14)15/h5-6H,2-4H2,1H3,(H,12,13)(H,14,15)(H,16,17). The molecule has 0 aliphatic carbocycles. The largest absolute Gasteiger partial charge is 0.481 e. The van der Waals surface area contributed by atoms with E-state index in [1.54, 1.807) is 6.92 Å². The minimum atomic E-state index is -1.25. The predicted octanol–water partition coefficient (Wildman–Crippen LogP) is 0.581. The minimum Gasteiger partial charge on any atom is -0.481 e. The van der Waals surface area contributed by atoms with Crippen LogP contribution in [0.15, 0.2) is 10.7 Å². The molecular formula is C11H14N2O7. The number of aliphatic carboxylic acids is 2. The summed E-state index contributed by atoms with van der Waals surface area (Å²) < 4.78 is 9.58. The van der Waals surface area contributed by atoms with Crippen LogP contribution >= 0.6 is 0 Å². The molecule has 0 fully saturated rings. The topological polar surface area (TPSA) is 139 Å². The summed E-state index contributed by atoms with van der Waals surface area (Å²) in [6.07, 6.45) is 0.549. The van der Waals surface area contributed by atoms with Gasteiger partial charge in [-0.15, -0.1) is 0 Å². The minimum absolute atomic E-state index is 0.100. The lowest BCUT2D eigenvalue weighted by molar-refractivity contribution is -0.139. The number of oxazole rings is 1. The van der Waals surface area contributed by atoms with Gasteiger partial charge in [0.15, 0.2) is 5.69 Å². The van der Waals surface area contributed by atoms with Crippen LogP contribution in [0.3, 0.4) is 0 Å². The van der Waals surface area contributed by atoms with Gasteiger partial charge in [-0.3, -0.25) is 4.79 Å². The normalized spacial score (nSPS) is 11.7. The SMILES string of the molecule is CCOC(=O)c1coc(NC(CCC(=O)O)C(=O)O)n1. The molecule has 110 valence electrons. The average Bonchev–Trinajstić information content (AvgIpc) is 2.82. The number of carboxylic acids is 2. The van der Waals surface area contributed by atoms with E-state index < -0.39 is 23.9 Å². The van der Waals surface area contributed by atoms with Crippen LogP contribution in [0.2, 0.25) is 0 Å².